The van der Waals surface area contributed by atoms with Crippen LogP contribution in [0, 0.1) is 0 Å². The largest absolute Gasteiger partial charge is 0.495 e. The van der Waals surface area contributed by atoms with Gasteiger partial charge < -0.3 is 18.3 Å². The van der Waals surface area contributed by atoms with Gasteiger partial charge in [0.15, 0.2) is 0 Å². The van der Waals surface area contributed by atoms with Gasteiger partial charge >= 0.3 is 11.3 Å². The van der Waals surface area contributed by atoms with E-state index in [4.69, 9.17) is 18.3 Å². The zero-order chi connectivity index (χ0) is 25.7. The van der Waals surface area contributed by atoms with E-state index in [0.717, 1.165) is 43.1 Å². The van der Waals surface area contributed by atoms with E-state index in [1.807, 2.05) is 60.7 Å². The third-order valence-electron chi connectivity index (χ3n) is 7.64. The maximum Gasteiger partial charge on any atom is 0.336 e. The van der Waals surface area contributed by atoms with E-state index in [0.29, 0.717) is 44.6 Å². The molecule has 0 atom stereocenters. The molecule has 0 N–H and O–H groups in total. The summed E-state index contributed by atoms with van der Waals surface area (Å²) in [7, 11) is 3.23. The van der Waals surface area contributed by atoms with Crippen molar-refractivity contribution in [1.82, 2.24) is 0 Å². The van der Waals surface area contributed by atoms with Crippen molar-refractivity contribution in [3.8, 4) is 22.6 Å². The van der Waals surface area contributed by atoms with Gasteiger partial charge in [0.2, 0.25) is 0 Å². The van der Waals surface area contributed by atoms with Crippen molar-refractivity contribution in [2.24, 2.45) is 0 Å². The maximum absolute atomic E-state index is 12.8. The number of rotatable bonds is 3. The third-order valence-corrected chi connectivity index (χ3v) is 7.64. The molecule has 0 bridgehead atoms. The molecule has 0 fully saturated rings. The Hall–Kier alpha value is -5.10. The summed E-state index contributed by atoms with van der Waals surface area (Å²) in [6, 6.07) is 22.5. The summed E-state index contributed by atoms with van der Waals surface area (Å²) in [4.78, 5) is 25.7. The maximum atomic E-state index is 12.8. The van der Waals surface area contributed by atoms with Gasteiger partial charge in [0.1, 0.15) is 22.7 Å². The first-order valence-corrected chi connectivity index (χ1v) is 12.2. The van der Waals surface area contributed by atoms with Crippen molar-refractivity contribution in [3.05, 3.63) is 93.6 Å². The summed E-state index contributed by atoms with van der Waals surface area (Å²) in [5.74, 6) is 1.16. The molecule has 38 heavy (non-hydrogen) atoms. The van der Waals surface area contributed by atoms with E-state index in [9.17, 15) is 9.59 Å². The van der Waals surface area contributed by atoms with Gasteiger partial charge in [-0.3, -0.25) is 0 Å². The van der Waals surface area contributed by atoms with Gasteiger partial charge in [-0.2, -0.15) is 0 Å². The third kappa shape index (κ3) is 2.51. The molecule has 6 heteroatoms. The van der Waals surface area contributed by atoms with Crippen LogP contribution in [0.2, 0.25) is 0 Å². The van der Waals surface area contributed by atoms with Gasteiger partial charge in [0, 0.05) is 66.3 Å². The van der Waals surface area contributed by atoms with Crippen molar-refractivity contribution in [3.63, 3.8) is 0 Å². The molecule has 0 aliphatic carbocycles. The average Bonchev–Trinajstić information content (AvgIpc) is 2.93. The molecule has 0 amide bonds. The van der Waals surface area contributed by atoms with Crippen LogP contribution in [0.3, 0.4) is 0 Å². The van der Waals surface area contributed by atoms with E-state index in [1.165, 1.54) is 12.1 Å². The Morgan fingerprint density at radius 1 is 0.526 bits per heavy atom. The fraction of sp³-hybridized carbons (Fsp3) is 0.0625. The van der Waals surface area contributed by atoms with Crippen molar-refractivity contribution < 1.29 is 18.3 Å². The highest BCUT2D eigenvalue weighted by atomic mass is 16.5. The van der Waals surface area contributed by atoms with Crippen LogP contribution >= 0.6 is 0 Å². The quantitative estimate of drug-likeness (QED) is 0.191. The first kappa shape index (κ1) is 21.0. The highest BCUT2D eigenvalue weighted by Gasteiger charge is 2.28. The average molecular weight is 498 g/mol. The minimum Gasteiger partial charge on any atom is -0.495 e. The molecular formula is C32H18O6. The topological polar surface area (TPSA) is 78.9 Å². The Morgan fingerprint density at radius 2 is 0.974 bits per heavy atom. The normalized spacial score (nSPS) is 12.2. The minimum absolute atomic E-state index is 0.477. The van der Waals surface area contributed by atoms with Crippen LogP contribution in [0.4, 0.5) is 0 Å². The van der Waals surface area contributed by atoms with Crippen LogP contribution < -0.4 is 20.7 Å². The highest BCUT2D eigenvalue weighted by Crippen LogP contribution is 2.53. The monoisotopic (exact) mass is 498 g/mol. The number of hydrogen-bond acceptors (Lipinski definition) is 6. The molecule has 6 aromatic carbocycles. The zero-order valence-corrected chi connectivity index (χ0v) is 20.4. The second-order valence-corrected chi connectivity index (χ2v) is 9.46. The second-order valence-electron chi connectivity index (χ2n) is 9.46. The lowest BCUT2D eigenvalue weighted by molar-refractivity contribution is 0.416. The van der Waals surface area contributed by atoms with Crippen molar-refractivity contribution in [2.45, 2.75) is 0 Å². The summed E-state index contributed by atoms with van der Waals surface area (Å²) >= 11 is 0. The van der Waals surface area contributed by atoms with Gasteiger partial charge in [-0.1, -0.05) is 48.5 Å². The highest BCUT2D eigenvalue weighted by molar-refractivity contribution is 6.32. The molecule has 8 aromatic rings. The summed E-state index contributed by atoms with van der Waals surface area (Å²) in [5, 5.41) is 8.57. The van der Waals surface area contributed by atoms with E-state index in [2.05, 4.69) is 0 Å². The van der Waals surface area contributed by atoms with Crippen molar-refractivity contribution in [1.29, 1.82) is 0 Å². The molecule has 0 aliphatic heterocycles. The zero-order valence-electron chi connectivity index (χ0n) is 20.4. The number of hydrogen-bond donors (Lipinski definition) is 0. The van der Waals surface area contributed by atoms with Crippen LogP contribution in [0.5, 0.6) is 11.5 Å². The first-order chi connectivity index (χ1) is 18.6. The summed E-state index contributed by atoms with van der Waals surface area (Å²) < 4.78 is 23.5. The molecule has 0 saturated heterocycles. The van der Waals surface area contributed by atoms with Crippen molar-refractivity contribution in [2.75, 3.05) is 14.2 Å². The Morgan fingerprint density at radius 3 is 1.39 bits per heavy atom. The molecule has 0 unspecified atom stereocenters. The van der Waals surface area contributed by atoms with Gasteiger partial charge in [0.25, 0.3) is 0 Å². The fourth-order valence-corrected chi connectivity index (χ4v) is 6.29. The molecule has 182 valence electrons. The van der Waals surface area contributed by atoms with Crippen LogP contribution in [0.25, 0.3) is 76.2 Å². The fourth-order valence-electron chi connectivity index (χ4n) is 6.29. The molecule has 0 saturated carbocycles. The summed E-state index contributed by atoms with van der Waals surface area (Å²) in [6.45, 7) is 0. The summed E-state index contributed by atoms with van der Waals surface area (Å²) in [6.07, 6.45) is 0. The van der Waals surface area contributed by atoms with Gasteiger partial charge in [0.05, 0.1) is 14.2 Å². The number of methoxy groups -OCH3 is 2. The van der Waals surface area contributed by atoms with Crippen LogP contribution in [-0.4, -0.2) is 14.2 Å². The molecule has 2 aromatic heterocycles. The molecule has 0 radical (unpaired) electrons. The van der Waals surface area contributed by atoms with E-state index >= 15 is 0 Å². The molecule has 6 nitrogen and oxygen atoms in total. The molecule has 8 rings (SSSR count). The molecule has 0 spiro atoms. The SMILES string of the molecule is COc1c(-c2c(OC)c3cccc4ccc5oc(=O)cc2c5c43)c2cc(=O)oc3ccc4cccc1c4c32. The van der Waals surface area contributed by atoms with Gasteiger partial charge in [-0.25, -0.2) is 9.59 Å². The lowest BCUT2D eigenvalue weighted by Gasteiger charge is -2.23. The Kier molecular flexibility index (Phi) is 4.00. The Labute approximate surface area is 213 Å². The van der Waals surface area contributed by atoms with E-state index in [-0.39, 0.29) is 0 Å². The first-order valence-electron chi connectivity index (χ1n) is 12.2. The van der Waals surface area contributed by atoms with Crippen molar-refractivity contribution >= 4 is 65.0 Å². The lowest BCUT2D eigenvalue weighted by Crippen LogP contribution is -2.04. The number of benzene rings is 6. The minimum atomic E-state index is -0.477. The standard InChI is InChI=1S/C32H18O6/c1-35-31-17-7-3-5-15-9-11-21-27(25(15)17)19(13-23(33)37-21)29(31)30-20-14-24(34)38-22-12-10-16-6-4-8-18(32(30)36-2)26(16)28(20)22/h3-14H,1-2H3. The second kappa shape index (κ2) is 7.23. The van der Waals surface area contributed by atoms with E-state index < -0.39 is 11.3 Å². The predicted octanol–water partition coefficient (Wildman–Crippen LogP) is 7.07. The van der Waals surface area contributed by atoms with Crippen LogP contribution in [0.1, 0.15) is 0 Å². The summed E-state index contributed by atoms with van der Waals surface area (Å²) in [5.41, 5.74) is 1.33. The Balaban J connectivity index is 1.75. The van der Waals surface area contributed by atoms with Gasteiger partial charge in [-0.15, -0.1) is 0 Å². The number of ether oxygens (including phenoxy) is 2. The van der Waals surface area contributed by atoms with Gasteiger partial charge in [-0.05, 0) is 22.9 Å². The van der Waals surface area contributed by atoms with Crippen LogP contribution in [0.15, 0.2) is 91.2 Å². The lowest BCUT2D eigenvalue weighted by atomic mass is 9.85. The molecule has 0 aliphatic rings. The van der Waals surface area contributed by atoms with Crippen LogP contribution in [-0.2, 0) is 0 Å². The predicted molar refractivity (Wildman–Crippen MR) is 149 cm³/mol. The molecule has 2 heterocycles. The smallest absolute Gasteiger partial charge is 0.336 e. The Bertz CT molecular complexity index is 2190. The molecular weight excluding hydrogens is 480 g/mol. The van der Waals surface area contributed by atoms with E-state index in [1.54, 1.807) is 14.2 Å².